The van der Waals surface area contributed by atoms with Crippen molar-refractivity contribution >= 4 is 11.7 Å². The number of aryl methyl sites for hydroxylation is 1. The Morgan fingerprint density at radius 3 is 2.43 bits per heavy atom. The van der Waals surface area contributed by atoms with E-state index in [-0.39, 0.29) is 5.97 Å². The molecule has 0 aromatic heterocycles. The lowest BCUT2D eigenvalue weighted by molar-refractivity contribution is -0.149. The first-order chi connectivity index (χ1) is 9.90. The van der Waals surface area contributed by atoms with Gasteiger partial charge in [0, 0.05) is 18.8 Å². The first-order valence-electron chi connectivity index (χ1n) is 7.68. The molecule has 1 aromatic rings. The number of anilines is 1. The zero-order valence-corrected chi connectivity index (χ0v) is 13.7. The Balaban J connectivity index is 2.52. The van der Waals surface area contributed by atoms with Gasteiger partial charge in [-0.2, -0.15) is 0 Å². The van der Waals surface area contributed by atoms with E-state index in [1.807, 2.05) is 0 Å². The van der Waals surface area contributed by atoms with Crippen molar-refractivity contribution in [3.8, 4) is 0 Å². The quantitative estimate of drug-likeness (QED) is 0.749. The molecular formula is C17H28N2O2. The normalized spacial score (nSPS) is 13.6. The topological polar surface area (TPSA) is 55.6 Å². The van der Waals surface area contributed by atoms with Crippen LogP contribution in [0, 0.1) is 6.92 Å². The third-order valence-corrected chi connectivity index (χ3v) is 3.65. The Hall–Kier alpha value is -1.55. The van der Waals surface area contributed by atoms with Crippen LogP contribution < -0.4 is 10.6 Å². The van der Waals surface area contributed by atoms with Crippen LogP contribution in [0.1, 0.15) is 39.2 Å². The molecule has 0 heterocycles. The van der Waals surface area contributed by atoms with Gasteiger partial charge in [-0.1, -0.05) is 17.7 Å². The minimum absolute atomic E-state index is 0.316. The maximum absolute atomic E-state index is 11.8. The monoisotopic (exact) mass is 292 g/mol. The van der Waals surface area contributed by atoms with Crippen LogP contribution in [0.25, 0.3) is 0 Å². The fraction of sp³-hybridized carbons (Fsp3) is 0.588. The zero-order valence-electron chi connectivity index (χ0n) is 13.7. The van der Waals surface area contributed by atoms with Crippen LogP contribution in [0.15, 0.2) is 24.3 Å². The van der Waals surface area contributed by atoms with Crippen molar-refractivity contribution in [3.05, 3.63) is 29.8 Å². The SMILES string of the molecule is CCOC(=O)C(C)(N)CCCN(CC)c1ccc(C)cc1. The van der Waals surface area contributed by atoms with Gasteiger partial charge in [-0.15, -0.1) is 0 Å². The second-order valence-electron chi connectivity index (χ2n) is 5.66. The molecule has 0 aliphatic heterocycles. The molecule has 0 aliphatic carbocycles. The second-order valence-corrected chi connectivity index (χ2v) is 5.66. The number of nitrogens with zero attached hydrogens (tertiary/aromatic N) is 1. The summed E-state index contributed by atoms with van der Waals surface area (Å²) in [4.78, 5) is 14.0. The summed E-state index contributed by atoms with van der Waals surface area (Å²) >= 11 is 0. The number of carbonyl (C=O) groups excluding carboxylic acids is 1. The van der Waals surface area contributed by atoms with E-state index in [1.165, 1.54) is 11.3 Å². The van der Waals surface area contributed by atoms with E-state index in [0.717, 1.165) is 19.5 Å². The minimum atomic E-state index is -0.900. The Bertz CT molecular complexity index is 441. The lowest BCUT2D eigenvalue weighted by atomic mass is 9.97. The van der Waals surface area contributed by atoms with E-state index in [4.69, 9.17) is 10.5 Å². The van der Waals surface area contributed by atoms with Crippen LogP contribution in [0.5, 0.6) is 0 Å². The molecule has 21 heavy (non-hydrogen) atoms. The lowest BCUT2D eigenvalue weighted by Crippen LogP contribution is -2.46. The Morgan fingerprint density at radius 1 is 1.29 bits per heavy atom. The molecule has 0 saturated carbocycles. The number of nitrogens with two attached hydrogens (primary N) is 1. The Morgan fingerprint density at radius 2 is 1.90 bits per heavy atom. The maximum Gasteiger partial charge on any atom is 0.325 e. The molecule has 1 rings (SSSR count). The number of carbonyl (C=O) groups is 1. The van der Waals surface area contributed by atoms with Gasteiger partial charge in [-0.3, -0.25) is 4.79 Å². The second kappa shape index (κ2) is 8.03. The molecule has 0 aliphatic rings. The van der Waals surface area contributed by atoms with Crippen LogP contribution in [0.4, 0.5) is 5.69 Å². The van der Waals surface area contributed by atoms with Crippen LogP contribution >= 0.6 is 0 Å². The van der Waals surface area contributed by atoms with Crippen LogP contribution in [0.3, 0.4) is 0 Å². The predicted molar refractivity (Wildman–Crippen MR) is 87.5 cm³/mol. The highest BCUT2D eigenvalue weighted by molar-refractivity contribution is 5.79. The standard InChI is InChI=1S/C17H28N2O2/c1-5-19(15-10-8-14(3)9-11-15)13-7-12-17(4,18)16(20)21-6-2/h8-11H,5-7,12-13,18H2,1-4H3. The number of hydrogen-bond donors (Lipinski definition) is 1. The highest BCUT2D eigenvalue weighted by atomic mass is 16.5. The average molecular weight is 292 g/mol. The fourth-order valence-electron chi connectivity index (χ4n) is 2.26. The number of ether oxygens (including phenoxy) is 1. The highest BCUT2D eigenvalue weighted by Crippen LogP contribution is 2.17. The van der Waals surface area contributed by atoms with Gasteiger partial charge in [0.15, 0.2) is 0 Å². The molecule has 2 N–H and O–H groups in total. The van der Waals surface area contributed by atoms with Gasteiger partial charge < -0.3 is 15.4 Å². The Labute approximate surface area is 128 Å². The maximum atomic E-state index is 11.8. The van der Waals surface area contributed by atoms with Crippen molar-refractivity contribution in [1.29, 1.82) is 0 Å². The largest absolute Gasteiger partial charge is 0.465 e. The summed E-state index contributed by atoms with van der Waals surface area (Å²) in [6.07, 6.45) is 1.47. The molecule has 1 aromatic carbocycles. The molecule has 0 bridgehead atoms. The Kier molecular flexibility index (Phi) is 6.69. The first kappa shape index (κ1) is 17.5. The van der Waals surface area contributed by atoms with E-state index in [1.54, 1.807) is 13.8 Å². The number of hydrogen-bond acceptors (Lipinski definition) is 4. The van der Waals surface area contributed by atoms with E-state index in [2.05, 4.69) is 43.0 Å². The molecule has 0 spiro atoms. The van der Waals surface area contributed by atoms with Gasteiger partial charge in [0.25, 0.3) is 0 Å². The molecule has 0 fully saturated rings. The van der Waals surface area contributed by atoms with Gasteiger partial charge in [0.05, 0.1) is 6.61 Å². The summed E-state index contributed by atoms with van der Waals surface area (Å²) in [5.41, 5.74) is 7.60. The molecule has 1 atom stereocenters. The molecule has 1 unspecified atom stereocenters. The van der Waals surface area contributed by atoms with Crippen LogP contribution in [-0.2, 0) is 9.53 Å². The summed E-state index contributed by atoms with van der Waals surface area (Å²) < 4.78 is 5.01. The highest BCUT2D eigenvalue weighted by Gasteiger charge is 2.29. The molecule has 4 nitrogen and oxygen atoms in total. The van der Waals surface area contributed by atoms with Crippen molar-refractivity contribution in [3.63, 3.8) is 0 Å². The van der Waals surface area contributed by atoms with Crippen molar-refractivity contribution in [2.45, 2.75) is 46.1 Å². The molecule has 0 radical (unpaired) electrons. The van der Waals surface area contributed by atoms with Gasteiger partial charge in [-0.25, -0.2) is 0 Å². The van der Waals surface area contributed by atoms with Gasteiger partial charge in [-0.05, 0) is 52.7 Å². The third-order valence-electron chi connectivity index (χ3n) is 3.65. The molecular weight excluding hydrogens is 264 g/mol. The van der Waals surface area contributed by atoms with Crippen LogP contribution in [0.2, 0.25) is 0 Å². The molecule has 0 amide bonds. The van der Waals surface area contributed by atoms with E-state index in [0.29, 0.717) is 13.0 Å². The number of benzene rings is 1. The summed E-state index contributed by atoms with van der Waals surface area (Å²) in [5, 5.41) is 0. The predicted octanol–water partition coefficient (Wildman–Crippen LogP) is 2.88. The van der Waals surface area contributed by atoms with Crippen molar-refractivity contribution in [2.24, 2.45) is 5.73 Å². The minimum Gasteiger partial charge on any atom is -0.465 e. The lowest BCUT2D eigenvalue weighted by Gasteiger charge is -2.26. The fourth-order valence-corrected chi connectivity index (χ4v) is 2.26. The van der Waals surface area contributed by atoms with Crippen molar-refractivity contribution < 1.29 is 9.53 Å². The van der Waals surface area contributed by atoms with Gasteiger partial charge in [0.2, 0.25) is 0 Å². The number of esters is 1. The smallest absolute Gasteiger partial charge is 0.325 e. The first-order valence-corrected chi connectivity index (χ1v) is 7.68. The molecule has 4 heteroatoms. The van der Waals surface area contributed by atoms with Crippen molar-refractivity contribution in [1.82, 2.24) is 0 Å². The number of rotatable bonds is 8. The van der Waals surface area contributed by atoms with Crippen molar-refractivity contribution in [2.75, 3.05) is 24.6 Å². The van der Waals surface area contributed by atoms with Gasteiger partial charge in [0.1, 0.15) is 5.54 Å². The summed E-state index contributed by atoms with van der Waals surface area (Å²) in [6, 6.07) is 8.49. The summed E-state index contributed by atoms with van der Waals surface area (Å²) in [7, 11) is 0. The van der Waals surface area contributed by atoms with E-state index >= 15 is 0 Å². The van der Waals surface area contributed by atoms with E-state index < -0.39 is 5.54 Å². The summed E-state index contributed by atoms with van der Waals surface area (Å²) in [5.74, 6) is -0.316. The average Bonchev–Trinajstić information content (AvgIpc) is 2.45. The van der Waals surface area contributed by atoms with E-state index in [9.17, 15) is 4.79 Å². The van der Waals surface area contributed by atoms with Crippen LogP contribution in [-0.4, -0.2) is 31.2 Å². The zero-order chi connectivity index (χ0) is 15.9. The van der Waals surface area contributed by atoms with Gasteiger partial charge >= 0.3 is 5.97 Å². The molecule has 118 valence electrons. The third kappa shape index (κ3) is 5.38. The molecule has 0 saturated heterocycles. The summed E-state index contributed by atoms with van der Waals surface area (Å²) in [6.45, 7) is 9.94.